The lowest BCUT2D eigenvalue weighted by molar-refractivity contribution is 0.809. The minimum atomic E-state index is 0.379. The van der Waals surface area contributed by atoms with Crippen molar-refractivity contribution in [1.82, 2.24) is 0 Å². The maximum absolute atomic E-state index is 3.80. The number of benzene rings is 3. The molecule has 2 unspecified atom stereocenters. The van der Waals surface area contributed by atoms with Gasteiger partial charge in [-0.25, -0.2) is 0 Å². The summed E-state index contributed by atoms with van der Waals surface area (Å²) >= 11 is 1.92. The summed E-state index contributed by atoms with van der Waals surface area (Å²) in [6.07, 6.45) is 8.97. The van der Waals surface area contributed by atoms with Crippen molar-refractivity contribution < 1.29 is 0 Å². The van der Waals surface area contributed by atoms with Crippen LogP contribution >= 0.6 is 11.3 Å². The van der Waals surface area contributed by atoms with E-state index in [1.807, 2.05) is 11.3 Å². The third kappa shape index (κ3) is 1.49. The summed E-state index contributed by atoms with van der Waals surface area (Å²) in [6.45, 7) is 0. The van der Waals surface area contributed by atoms with Crippen molar-refractivity contribution in [2.75, 3.05) is 5.32 Å². The molecule has 114 valence electrons. The topological polar surface area (TPSA) is 12.0 Å². The van der Waals surface area contributed by atoms with Crippen molar-refractivity contribution in [2.45, 2.75) is 12.0 Å². The number of allylic oxidation sites excluding steroid dienone is 2. The zero-order valence-electron chi connectivity index (χ0n) is 13.0. The van der Waals surface area contributed by atoms with Gasteiger partial charge in [-0.1, -0.05) is 66.8 Å². The second-order valence-electron chi connectivity index (χ2n) is 6.60. The molecule has 0 saturated carbocycles. The molecule has 0 saturated heterocycles. The molecule has 3 aromatic carbocycles. The van der Waals surface area contributed by atoms with Crippen LogP contribution < -0.4 is 5.32 Å². The van der Waals surface area contributed by atoms with Gasteiger partial charge in [0.25, 0.3) is 0 Å². The molecule has 1 N–H and O–H groups in total. The zero-order chi connectivity index (χ0) is 15.7. The van der Waals surface area contributed by atoms with Gasteiger partial charge in [0.2, 0.25) is 0 Å². The first-order valence-corrected chi connectivity index (χ1v) is 9.21. The SMILES string of the molecule is C1=CC2Nc3c(c4ccccc4c4c3sc3ccccc34)C2C=C1. The van der Waals surface area contributed by atoms with Gasteiger partial charge in [-0.05, 0) is 22.4 Å². The number of fused-ring (bicyclic) bond motifs is 10. The molecular formula is C22H15NS. The van der Waals surface area contributed by atoms with Crippen LogP contribution in [0.5, 0.6) is 0 Å². The molecule has 0 spiro atoms. The smallest absolute Gasteiger partial charge is 0.0596 e. The highest BCUT2D eigenvalue weighted by molar-refractivity contribution is 7.26. The summed E-state index contributed by atoms with van der Waals surface area (Å²) in [5.74, 6) is 0.435. The van der Waals surface area contributed by atoms with E-state index in [1.54, 1.807) is 0 Å². The number of hydrogen-bond donors (Lipinski definition) is 1. The van der Waals surface area contributed by atoms with Crippen LogP contribution in [0.25, 0.3) is 30.9 Å². The fraction of sp³-hybridized carbons (Fsp3) is 0.0909. The Morgan fingerprint density at radius 2 is 1.54 bits per heavy atom. The summed E-state index contributed by atoms with van der Waals surface area (Å²) in [6, 6.07) is 18.1. The van der Waals surface area contributed by atoms with E-state index in [4.69, 9.17) is 0 Å². The number of rotatable bonds is 0. The molecule has 24 heavy (non-hydrogen) atoms. The van der Waals surface area contributed by atoms with Gasteiger partial charge in [0.15, 0.2) is 0 Å². The van der Waals surface area contributed by atoms with Crippen LogP contribution in [0.1, 0.15) is 11.5 Å². The van der Waals surface area contributed by atoms with E-state index in [2.05, 4.69) is 78.2 Å². The lowest BCUT2D eigenvalue weighted by atomic mass is 9.87. The molecule has 1 nitrogen and oxygen atoms in total. The van der Waals surface area contributed by atoms with Crippen LogP contribution in [-0.2, 0) is 0 Å². The summed E-state index contributed by atoms with van der Waals surface area (Å²) < 4.78 is 2.77. The second kappa shape index (κ2) is 4.49. The van der Waals surface area contributed by atoms with E-state index in [0.717, 1.165) is 0 Å². The number of hydrogen-bond acceptors (Lipinski definition) is 2. The van der Waals surface area contributed by atoms with Crippen LogP contribution in [0, 0.1) is 0 Å². The van der Waals surface area contributed by atoms with Gasteiger partial charge in [0.1, 0.15) is 0 Å². The third-order valence-corrected chi connectivity index (χ3v) is 6.55. The first kappa shape index (κ1) is 12.8. The molecule has 2 heteroatoms. The zero-order valence-corrected chi connectivity index (χ0v) is 13.8. The molecule has 1 aliphatic heterocycles. The Morgan fingerprint density at radius 1 is 0.792 bits per heavy atom. The quantitative estimate of drug-likeness (QED) is 0.405. The highest BCUT2D eigenvalue weighted by atomic mass is 32.1. The molecule has 2 atom stereocenters. The number of anilines is 1. The van der Waals surface area contributed by atoms with Gasteiger partial charge < -0.3 is 5.32 Å². The predicted octanol–water partition coefficient (Wildman–Crippen LogP) is 6.21. The second-order valence-corrected chi connectivity index (χ2v) is 7.65. The fourth-order valence-corrected chi connectivity index (χ4v) is 5.60. The van der Waals surface area contributed by atoms with Crippen molar-refractivity contribution in [3.05, 3.63) is 78.4 Å². The molecule has 6 rings (SSSR count). The maximum atomic E-state index is 3.80. The van der Waals surface area contributed by atoms with E-state index in [0.29, 0.717) is 12.0 Å². The molecule has 0 amide bonds. The van der Waals surface area contributed by atoms with Gasteiger partial charge in [-0.15, -0.1) is 11.3 Å². The van der Waals surface area contributed by atoms with Crippen molar-refractivity contribution >= 4 is 48.0 Å². The molecule has 1 aromatic heterocycles. The molecule has 2 aliphatic rings. The molecule has 0 radical (unpaired) electrons. The Balaban J connectivity index is 1.87. The molecule has 1 aliphatic carbocycles. The third-order valence-electron chi connectivity index (χ3n) is 5.36. The van der Waals surface area contributed by atoms with E-state index in [-0.39, 0.29) is 0 Å². The van der Waals surface area contributed by atoms with Gasteiger partial charge in [0.05, 0.1) is 16.4 Å². The summed E-state index contributed by atoms with van der Waals surface area (Å²) in [4.78, 5) is 0. The Hall–Kier alpha value is -2.58. The van der Waals surface area contributed by atoms with E-state index >= 15 is 0 Å². The number of nitrogens with one attached hydrogen (secondary N) is 1. The van der Waals surface area contributed by atoms with Gasteiger partial charge in [-0.3, -0.25) is 0 Å². The molecular weight excluding hydrogens is 310 g/mol. The first-order chi connectivity index (χ1) is 11.9. The van der Waals surface area contributed by atoms with Crippen LogP contribution in [-0.4, -0.2) is 6.04 Å². The largest absolute Gasteiger partial charge is 0.376 e. The number of thiophene rings is 1. The molecule has 0 bridgehead atoms. The van der Waals surface area contributed by atoms with Crippen LogP contribution in [0.15, 0.2) is 72.8 Å². The van der Waals surface area contributed by atoms with Gasteiger partial charge in [-0.2, -0.15) is 0 Å². The summed E-state index contributed by atoms with van der Waals surface area (Å²) in [7, 11) is 0. The Labute approximate surface area is 143 Å². The van der Waals surface area contributed by atoms with Crippen molar-refractivity contribution in [3.8, 4) is 0 Å². The van der Waals surface area contributed by atoms with Crippen molar-refractivity contribution in [3.63, 3.8) is 0 Å². The minimum absolute atomic E-state index is 0.379. The van der Waals surface area contributed by atoms with E-state index < -0.39 is 0 Å². The average Bonchev–Trinajstić information content (AvgIpc) is 3.21. The monoisotopic (exact) mass is 325 g/mol. The molecule has 2 heterocycles. The lowest BCUT2D eigenvalue weighted by Crippen LogP contribution is -2.17. The van der Waals surface area contributed by atoms with Gasteiger partial charge >= 0.3 is 0 Å². The molecule has 4 aromatic rings. The van der Waals surface area contributed by atoms with Crippen LogP contribution in [0.3, 0.4) is 0 Å². The lowest BCUT2D eigenvalue weighted by Gasteiger charge is -2.16. The van der Waals surface area contributed by atoms with E-state index in [9.17, 15) is 0 Å². The van der Waals surface area contributed by atoms with Gasteiger partial charge in [0, 0.05) is 21.4 Å². The van der Waals surface area contributed by atoms with Crippen molar-refractivity contribution in [1.29, 1.82) is 0 Å². The standard InChI is InChI=1S/C22H15NS/c1-2-8-14-13(7-1)19-15-9-3-5-11-17(15)23-21(19)22-20(14)16-10-4-6-12-18(16)24-22/h1-12,15,17,23H. The Bertz CT molecular complexity index is 1190. The maximum Gasteiger partial charge on any atom is 0.0596 e. The average molecular weight is 325 g/mol. The van der Waals surface area contributed by atoms with Crippen molar-refractivity contribution in [2.24, 2.45) is 0 Å². The molecule has 0 fully saturated rings. The van der Waals surface area contributed by atoms with E-state index in [1.165, 1.54) is 42.2 Å². The normalized spacial score (nSPS) is 21.3. The summed E-state index contributed by atoms with van der Waals surface area (Å²) in [5.41, 5.74) is 2.81. The minimum Gasteiger partial charge on any atom is -0.376 e. The highest BCUT2D eigenvalue weighted by Gasteiger charge is 2.34. The highest BCUT2D eigenvalue weighted by Crippen LogP contribution is 2.51. The Morgan fingerprint density at radius 3 is 2.46 bits per heavy atom. The predicted molar refractivity (Wildman–Crippen MR) is 105 cm³/mol. The van der Waals surface area contributed by atoms with Crippen LogP contribution in [0.4, 0.5) is 5.69 Å². The van der Waals surface area contributed by atoms with Crippen LogP contribution in [0.2, 0.25) is 0 Å². The first-order valence-electron chi connectivity index (χ1n) is 8.39. The summed E-state index contributed by atoms with van der Waals surface area (Å²) in [5, 5.41) is 9.36. The Kier molecular flexibility index (Phi) is 2.39. The fourth-order valence-electron chi connectivity index (χ4n) is 4.36.